The number of hydrogen-bond acceptors (Lipinski definition) is 2. The Hall–Kier alpha value is -0.770. The Morgan fingerprint density at radius 1 is 1.47 bits per heavy atom. The molecule has 0 saturated carbocycles. The molecule has 0 aromatic rings. The van der Waals surface area contributed by atoms with Crippen LogP contribution >= 0.6 is 0 Å². The van der Waals surface area contributed by atoms with E-state index in [0.717, 1.165) is 45.4 Å². The van der Waals surface area contributed by atoms with E-state index in [1.54, 1.807) is 0 Å². The van der Waals surface area contributed by atoms with E-state index in [9.17, 15) is 4.79 Å². The van der Waals surface area contributed by atoms with Gasteiger partial charge in [-0.3, -0.25) is 0 Å². The number of amides is 2. The van der Waals surface area contributed by atoms with Crippen LogP contribution in [0.3, 0.4) is 0 Å². The highest BCUT2D eigenvalue weighted by atomic mass is 16.2. The number of nitrogens with zero attached hydrogens (tertiary/aromatic N) is 2. The topological polar surface area (TPSA) is 49.6 Å². The average Bonchev–Trinajstić information content (AvgIpc) is 2.28. The Morgan fingerprint density at radius 2 is 2.07 bits per heavy atom. The minimum atomic E-state index is 0.173. The highest BCUT2D eigenvalue weighted by molar-refractivity contribution is 5.74. The van der Waals surface area contributed by atoms with Gasteiger partial charge >= 0.3 is 6.03 Å². The quantitative estimate of drug-likeness (QED) is 0.763. The van der Waals surface area contributed by atoms with Gasteiger partial charge in [-0.15, -0.1) is 0 Å². The third-order valence-corrected chi connectivity index (χ3v) is 3.10. The average molecular weight is 213 g/mol. The van der Waals surface area contributed by atoms with Gasteiger partial charge in [0.05, 0.1) is 0 Å². The van der Waals surface area contributed by atoms with Gasteiger partial charge in [-0.1, -0.05) is 6.92 Å². The number of likely N-dealkylation sites (tertiary alicyclic amines) is 1. The zero-order chi connectivity index (χ0) is 11.3. The van der Waals surface area contributed by atoms with Gasteiger partial charge in [0, 0.05) is 26.7 Å². The lowest BCUT2D eigenvalue weighted by molar-refractivity contribution is 0.141. The van der Waals surface area contributed by atoms with Crippen molar-refractivity contribution in [3.8, 4) is 0 Å². The van der Waals surface area contributed by atoms with Gasteiger partial charge in [-0.25, -0.2) is 4.79 Å². The van der Waals surface area contributed by atoms with Crippen molar-refractivity contribution in [1.82, 2.24) is 9.80 Å². The molecular formula is C11H23N3O. The summed E-state index contributed by atoms with van der Waals surface area (Å²) in [6.45, 7) is 5.43. The standard InChI is InChI=1S/C11H23N3O/c1-3-6-13(2)11(15)14-7-4-10(9-12)5-8-14/h10H,3-9,12H2,1-2H3. The maximum Gasteiger partial charge on any atom is 0.319 e. The normalized spacial score (nSPS) is 17.9. The third kappa shape index (κ3) is 3.38. The minimum Gasteiger partial charge on any atom is -0.330 e. The van der Waals surface area contributed by atoms with Crippen molar-refractivity contribution in [2.24, 2.45) is 11.7 Å². The first-order valence-corrected chi connectivity index (χ1v) is 5.89. The fourth-order valence-corrected chi connectivity index (χ4v) is 2.03. The lowest BCUT2D eigenvalue weighted by Crippen LogP contribution is -2.46. The number of hydrogen-bond donors (Lipinski definition) is 1. The second-order valence-electron chi connectivity index (χ2n) is 4.37. The molecule has 0 atom stereocenters. The summed E-state index contributed by atoms with van der Waals surface area (Å²) in [4.78, 5) is 15.7. The van der Waals surface area contributed by atoms with Crippen molar-refractivity contribution in [2.45, 2.75) is 26.2 Å². The summed E-state index contributed by atoms with van der Waals surface area (Å²) < 4.78 is 0. The molecular weight excluding hydrogens is 190 g/mol. The Morgan fingerprint density at radius 3 is 2.53 bits per heavy atom. The van der Waals surface area contributed by atoms with Gasteiger partial charge in [0.15, 0.2) is 0 Å². The molecule has 4 heteroatoms. The zero-order valence-electron chi connectivity index (χ0n) is 9.91. The Kier molecular flexibility index (Phi) is 4.88. The third-order valence-electron chi connectivity index (χ3n) is 3.10. The smallest absolute Gasteiger partial charge is 0.319 e. The van der Waals surface area contributed by atoms with Crippen molar-refractivity contribution >= 4 is 6.03 Å². The van der Waals surface area contributed by atoms with Crippen LogP contribution in [-0.4, -0.2) is 49.1 Å². The molecule has 1 saturated heterocycles. The Labute approximate surface area is 92.4 Å². The maximum absolute atomic E-state index is 11.9. The molecule has 1 aliphatic rings. The molecule has 1 aliphatic heterocycles. The van der Waals surface area contributed by atoms with Gasteiger partial charge in [-0.2, -0.15) is 0 Å². The van der Waals surface area contributed by atoms with E-state index in [4.69, 9.17) is 5.73 Å². The van der Waals surface area contributed by atoms with Gasteiger partial charge in [0.2, 0.25) is 0 Å². The molecule has 1 fully saturated rings. The van der Waals surface area contributed by atoms with Crippen LogP contribution < -0.4 is 5.73 Å². The number of rotatable bonds is 3. The first-order valence-electron chi connectivity index (χ1n) is 5.89. The molecule has 0 spiro atoms. The van der Waals surface area contributed by atoms with Crippen LogP contribution in [0.2, 0.25) is 0 Å². The molecule has 2 N–H and O–H groups in total. The van der Waals surface area contributed by atoms with Crippen molar-refractivity contribution in [3.63, 3.8) is 0 Å². The van der Waals surface area contributed by atoms with Gasteiger partial charge in [0.1, 0.15) is 0 Å². The lowest BCUT2D eigenvalue weighted by atomic mass is 9.97. The van der Waals surface area contributed by atoms with Crippen LogP contribution in [0.15, 0.2) is 0 Å². The number of carbonyl (C=O) groups excluding carboxylic acids is 1. The van der Waals surface area contributed by atoms with E-state index in [0.29, 0.717) is 5.92 Å². The molecule has 4 nitrogen and oxygen atoms in total. The SMILES string of the molecule is CCCN(C)C(=O)N1CCC(CN)CC1. The van der Waals surface area contributed by atoms with E-state index in [1.807, 2.05) is 16.8 Å². The number of nitrogens with two attached hydrogens (primary N) is 1. The molecule has 1 heterocycles. The van der Waals surface area contributed by atoms with Crippen molar-refractivity contribution in [3.05, 3.63) is 0 Å². The van der Waals surface area contributed by atoms with E-state index >= 15 is 0 Å². The Bertz CT molecular complexity index is 200. The van der Waals surface area contributed by atoms with Crippen LogP contribution in [-0.2, 0) is 0 Å². The lowest BCUT2D eigenvalue weighted by Gasteiger charge is -2.34. The molecule has 2 amide bonds. The van der Waals surface area contributed by atoms with E-state index in [1.165, 1.54) is 0 Å². The minimum absolute atomic E-state index is 0.173. The van der Waals surface area contributed by atoms with Gasteiger partial charge < -0.3 is 15.5 Å². The molecule has 0 unspecified atom stereocenters. The van der Waals surface area contributed by atoms with Crippen LogP contribution in [0.5, 0.6) is 0 Å². The molecule has 0 aromatic carbocycles. The summed E-state index contributed by atoms with van der Waals surface area (Å²) in [5, 5.41) is 0. The van der Waals surface area contributed by atoms with Crippen LogP contribution in [0.1, 0.15) is 26.2 Å². The first-order chi connectivity index (χ1) is 7.19. The van der Waals surface area contributed by atoms with Crippen molar-refractivity contribution < 1.29 is 4.79 Å². The van der Waals surface area contributed by atoms with Gasteiger partial charge in [0.25, 0.3) is 0 Å². The molecule has 88 valence electrons. The predicted molar refractivity (Wildman–Crippen MR) is 61.7 cm³/mol. The molecule has 0 radical (unpaired) electrons. The molecule has 0 aromatic heterocycles. The molecule has 1 rings (SSSR count). The number of piperidine rings is 1. The summed E-state index contributed by atoms with van der Waals surface area (Å²) in [6, 6.07) is 0.173. The summed E-state index contributed by atoms with van der Waals surface area (Å²) in [6.07, 6.45) is 3.13. The highest BCUT2D eigenvalue weighted by Crippen LogP contribution is 2.16. The Balaban J connectivity index is 2.35. The second kappa shape index (κ2) is 5.95. The fraction of sp³-hybridized carbons (Fsp3) is 0.909. The van der Waals surface area contributed by atoms with Crippen LogP contribution in [0.25, 0.3) is 0 Å². The van der Waals surface area contributed by atoms with Crippen LogP contribution in [0.4, 0.5) is 4.79 Å². The number of carbonyl (C=O) groups is 1. The largest absolute Gasteiger partial charge is 0.330 e. The summed E-state index contributed by atoms with van der Waals surface area (Å²) in [5.74, 6) is 0.616. The maximum atomic E-state index is 11.9. The number of urea groups is 1. The summed E-state index contributed by atoms with van der Waals surface area (Å²) in [7, 11) is 1.88. The predicted octanol–water partition coefficient (Wildman–Crippen LogP) is 1.12. The van der Waals surface area contributed by atoms with E-state index < -0.39 is 0 Å². The molecule has 15 heavy (non-hydrogen) atoms. The first kappa shape index (κ1) is 12.3. The van der Waals surface area contributed by atoms with Crippen LogP contribution in [0, 0.1) is 5.92 Å². The van der Waals surface area contributed by atoms with E-state index in [2.05, 4.69) is 6.92 Å². The zero-order valence-corrected chi connectivity index (χ0v) is 9.91. The second-order valence-corrected chi connectivity index (χ2v) is 4.37. The summed E-state index contributed by atoms with van der Waals surface area (Å²) in [5.41, 5.74) is 5.62. The molecule has 0 bridgehead atoms. The molecule has 0 aliphatic carbocycles. The van der Waals surface area contributed by atoms with E-state index in [-0.39, 0.29) is 6.03 Å². The monoisotopic (exact) mass is 213 g/mol. The summed E-state index contributed by atoms with van der Waals surface area (Å²) >= 11 is 0. The fourth-order valence-electron chi connectivity index (χ4n) is 2.03. The van der Waals surface area contributed by atoms with Gasteiger partial charge in [-0.05, 0) is 31.7 Å². The van der Waals surface area contributed by atoms with Crippen molar-refractivity contribution in [2.75, 3.05) is 33.2 Å². The highest BCUT2D eigenvalue weighted by Gasteiger charge is 2.23. The van der Waals surface area contributed by atoms with Crippen molar-refractivity contribution in [1.29, 1.82) is 0 Å².